The van der Waals surface area contributed by atoms with Gasteiger partial charge in [-0.15, -0.1) is 0 Å². The molecule has 0 aliphatic carbocycles. The first kappa shape index (κ1) is 20.0. The number of para-hydroxylation sites is 1. The SMILES string of the molecule is Cc1ccccc1CS(=O)(=O)N1CCC(C(=O)Nc2ccccc2Br)CC1. The second kappa shape index (κ2) is 8.54. The zero-order valence-corrected chi connectivity index (χ0v) is 17.6. The summed E-state index contributed by atoms with van der Waals surface area (Å²) in [5.41, 5.74) is 2.53. The zero-order valence-electron chi connectivity index (χ0n) is 15.2. The lowest BCUT2D eigenvalue weighted by molar-refractivity contribution is -0.120. The molecular formula is C20H23BrN2O3S. The molecule has 27 heavy (non-hydrogen) atoms. The van der Waals surface area contributed by atoms with Gasteiger partial charge in [0.1, 0.15) is 0 Å². The van der Waals surface area contributed by atoms with Crippen molar-refractivity contribution in [1.82, 2.24) is 4.31 Å². The number of carbonyl (C=O) groups is 1. The summed E-state index contributed by atoms with van der Waals surface area (Å²) in [6.07, 6.45) is 1.06. The number of piperidine rings is 1. The summed E-state index contributed by atoms with van der Waals surface area (Å²) < 4.78 is 27.8. The van der Waals surface area contributed by atoms with Gasteiger partial charge in [0.2, 0.25) is 15.9 Å². The summed E-state index contributed by atoms with van der Waals surface area (Å²) >= 11 is 3.42. The number of nitrogens with one attached hydrogen (secondary N) is 1. The van der Waals surface area contributed by atoms with E-state index in [0.717, 1.165) is 21.3 Å². The number of carbonyl (C=O) groups excluding carboxylic acids is 1. The number of aryl methyl sites for hydroxylation is 1. The van der Waals surface area contributed by atoms with Gasteiger partial charge in [-0.1, -0.05) is 36.4 Å². The molecule has 0 saturated carbocycles. The number of rotatable bonds is 5. The number of hydrogen-bond acceptors (Lipinski definition) is 3. The summed E-state index contributed by atoms with van der Waals surface area (Å²) in [7, 11) is -3.38. The largest absolute Gasteiger partial charge is 0.325 e. The molecule has 1 N–H and O–H groups in total. The van der Waals surface area contributed by atoms with Crippen molar-refractivity contribution >= 4 is 37.5 Å². The predicted octanol–water partition coefficient (Wildman–Crippen LogP) is 3.94. The predicted molar refractivity (Wildman–Crippen MR) is 111 cm³/mol. The van der Waals surface area contributed by atoms with Crippen LogP contribution in [0.5, 0.6) is 0 Å². The van der Waals surface area contributed by atoms with Crippen LogP contribution in [0.1, 0.15) is 24.0 Å². The molecule has 1 heterocycles. The van der Waals surface area contributed by atoms with E-state index in [1.54, 1.807) is 0 Å². The number of anilines is 1. The van der Waals surface area contributed by atoms with Gasteiger partial charge in [-0.25, -0.2) is 12.7 Å². The quantitative estimate of drug-likeness (QED) is 0.749. The monoisotopic (exact) mass is 450 g/mol. The van der Waals surface area contributed by atoms with Crippen molar-refractivity contribution in [3.63, 3.8) is 0 Å². The minimum atomic E-state index is -3.38. The molecule has 2 aromatic carbocycles. The molecule has 5 nitrogen and oxygen atoms in total. The van der Waals surface area contributed by atoms with Crippen LogP contribution in [0.25, 0.3) is 0 Å². The molecule has 1 amide bonds. The molecule has 0 aromatic heterocycles. The first-order chi connectivity index (χ1) is 12.9. The normalized spacial score (nSPS) is 16.2. The molecule has 0 bridgehead atoms. The van der Waals surface area contributed by atoms with E-state index >= 15 is 0 Å². The smallest absolute Gasteiger partial charge is 0.227 e. The number of halogens is 1. The van der Waals surface area contributed by atoms with Crippen LogP contribution in [0, 0.1) is 12.8 Å². The van der Waals surface area contributed by atoms with Gasteiger partial charge in [-0.05, 0) is 59.0 Å². The van der Waals surface area contributed by atoms with Crippen LogP contribution in [0.2, 0.25) is 0 Å². The van der Waals surface area contributed by atoms with Gasteiger partial charge in [-0.3, -0.25) is 4.79 Å². The Morgan fingerprint density at radius 2 is 1.74 bits per heavy atom. The third-order valence-corrected chi connectivity index (χ3v) is 7.47. The second-order valence-corrected chi connectivity index (χ2v) is 9.65. The molecule has 1 aliphatic heterocycles. The number of nitrogens with zero attached hydrogens (tertiary/aromatic N) is 1. The molecule has 3 rings (SSSR count). The fourth-order valence-corrected chi connectivity index (χ4v) is 5.30. The Labute approximate surface area is 169 Å². The van der Waals surface area contributed by atoms with Gasteiger partial charge < -0.3 is 5.32 Å². The third-order valence-electron chi connectivity index (χ3n) is 4.95. The van der Waals surface area contributed by atoms with Crippen molar-refractivity contribution in [2.24, 2.45) is 5.92 Å². The topological polar surface area (TPSA) is 66.5 Å². The Kier molecular flexibility index (Phi) is 6.34. The second-order valence-electron chi connectivity index (χ2n) is 6.83. The van der Waals surface area contributed by atoms with Gasteiger partial charge in [0.25, 0.3) is 0 Å². The van der Waals surface area contributed by atoms with E-state index in [4.69, 9.17) is 0 Å². The maximum Gasteiger partial charge on any atom is 0.227 e. The molecule has 0 spiro atoms. The summed E-state index contributed by atoms with van der Waals surface area (Å²) in [5, 5.41) is 2.93. The highest BCUT2D eigenvalue weighted by molar-refractivity contribution is 9.10. The van der Waals surface area contributed by atoms with Crippen LogP contribution in [0.3, 0.4) is 0 Å². The molecule has 1 saturated heterocycles. The van der Waals surface area contributed by atoms with Crippen LogP contribution in [-0.4, -0.2) is 31.7 Å². The highest BCUT2D eigenvalue weighted by Crippen LogP contribution is 2.26. The molecule has 7 heteroatoms. The van der Waals surface area contributed by atoms with E-state index in [-0.39, 0.29) is 17.6 Å². The van der Waals surface area contributed by atoms with Crippen molar-refractivity contribution in [3.05, 3.63) is 64.1 Å². The zero-order chi connectivity index (χ0) is 19.4. The van der Waals surface area contributed by atoms with Crippen molar-refractivity contribution in [2.45, 2.75) is 25.5 Å². The average molecular weight is 451 g/mol. The van der Waals surface area contributed by atoms with E-state index < -0.39 is 10.0 Å². The van der Waals surface area contributed by atoms with Gasteiger partial charge in [0.15, 0.2) is 0 Å². The summed E-state index contributed by atoms with van der Waals surface area (Å²) in [5.74, 6) is -0.229. The van der Waals surface area contributed by atoms with Gasteiger partial charge >= 0.3 is 0 Å². The van der Waals surface area contributed by atoms with Crippen molar-refractivity contribution < 1.29 is 13.2 Å². The summed E-state index contributed by atoms with van der Waals surface area (Å²) in [4.78, 5) is 12.5. The fraction of sp³-hybridized carbons (Fsp3) is 0.350. The Balaban J connectivity index is 1.59. The molecule has 1 aliphatic rings. The standard InChI is InChI=1S/C20H23BrN2O3S/c1-15-6-2-3-7-17(15)14-27(25,26)23-12-10-16(11-13-23)20(24)22-19-9-5-4-8-18(19)21/h2-9,16H,10-14H2,1H3,(H,22,24). The van der Waals surface area contributed by atoms with Crippen molar-refractivity contribution in [2.75, 3.05) is 18.4 Å². The van der Waals surface area contributed by atoms with Crippen LogP contribution in [-0.2, 0) is 20.6 Å². The molecule has 1 fully saturated rings. The molecule has 2 aromatic rings. The first-order valence-electron chi connectivity index (χ1n) is 8.94. The van der Waals surface area contributed by atoms with E-state index in [2.05, 4.69) is 21.2 Å². The molecule has 0 radical (unpaired) electrons. The van der Waals surface area contributed by atoms with Crippen LogP contribution in [0.15, 0.2) is 53.0 Å². The minimum absolute atomic E-state index is 0.00744. The third kappa shape index (κ3) is 4.97. The molecule has 0 unspecified atom stereocenters. The molecule has 0 atom stereocenters. The summed E-state index contributed by atoms with van der Waals surface area (Å²) in [6.45, 7) is 2.67. The number of hydrogen-bond donors (Lipinski definition) is 1. The molecular weight excluding hydrogens is 428 g/mol. The van der Waals surface area contributed by atoms with Crippen LogP contribution in [0.4, 0.5) is 5.69 Å². The van der Waals surface area contributed by atoms with Gasteiger partial charge in [0, 0.05) is 23.5 Å². The Bertz CT molecular complexity index is 922. The Morgan fingerprint density at radius 3 is 2.41 bits per heavy atom. The lowest BCUT2D eigenvalue weighted by Crippen LogP contribution is -2.42. The number of benzene rings is 2. The van der Waals surface area contributed by atoms with E-state index in [9.17, 15) is 13.2 Å². The minimum Gasteiger partial charge on any atom is -0.325 e. The van der Waals surface area contributed by atoms with E-state index in [1.165, 1.54) is 4.31 Å². The number of sulfonamides is 1. The first-order valence-corrected chi connectivity index (χ1v) is 11.3. The fourth-order valence-electron chi connectivity index (χ4n) is 3.25. The number of amides is 1. The van der Waals surface area contributed by atoms with Gasteiger partial charge in [-0.2, -0.15) is 0 Å². The van der Waals surface area contributed by atoms with Crippen LogP contribution >= 0.6 is 15.9 Å². The highest BCUT2D eigenvalue weighted by Gasteiger charge is 2.31. The lowest BCUT2D eigenvalue weighted by Gasteiger charge is -2.30. The molecule has 144 valence electrons. The summed E-state index contributed by atoms with van der Waals surface area (Å²) in [6, 6.07) is 15.0. The van der Waals surface area contributed by atoms with Gasteiger partial charge in [0.05, 0.1) is 11.4 Å². The van der Waals surface area contributed by atoms with Crippen LogP contribution < -0.4 is 5.32 Å². The Hall–Kier alpha value is -1.70. The highest BCUT2D eigenvalue weighted by atomic mass is 79.9. The maximum atomic E-state index is 12.7. The average Bonchev–Trinajstić information content (AvgIpc) is 2.65. The van der Waals surface area contributed by atoms with Crippen molar-refractivity contribution in [1.29, 1.82) is 0 Å². The van der Waals surface area contributed by atoms with E-state index in [0.29, 0.717) is 25.9 Å². The Morgan fingerprint density at radius 1 is 1.11 bits per heavy atom. The van der Waals surface area contributed by atoms with Crippen molar-refractivity contribution in [3.8, 4) is 0 Å². The lowest BCUT2D eigenvalue weighted by atomic mass is 9.97. The maximum absolute atomic E-state index is 12.7. The van der Waals surface area contributed by atoms with E-state index in [1.807, 2.05) is 55.5 Å².